The van der Waals surface area contributed by atoms with Gasteiger partial charge in [-0.15, -0.1) is 0 Å². The molecular weight excluding hydrogens is 344 g/mol. The van der Waals surface area contributed by atoms with Crippen LogP contribution < -0.4 is 5.32 Å². The van der Waals surface area contributed by atoms with E-state index in [0.717, 1.165) is 10.9 Å². The molecule has 3 rings (SSSR count). The molecular formula is C18H15ClN2O4. The van der Waals surface area contributed by atoms with Gasteiger partial charge in [0.2, 0.25) is 0 Å². The fourth-order valence-electron chi connectivity index (χ4n) is 2.33. The molecule has 0 atom stereocenters. The zero-order chi connectivity index (χ0) is 17.8. The van der Waals surface area contributed by atoms with Gasteiger partial charge in [-0.2, -0.15) is 0 Å². The molecule has 0 saturated carbocycles. The number of fused-ring (bicyclic) bond motifs is 1. The molecule has 0 aliphatic rings. The summed E-state index contributed by atoms with van der Waals surface area (Å²) < 4.78 is 10.1. The van der Waals surface area contributed by atoms with Crippen molar-refractivity contribution in [1.82, 2.24) is 5.16 Å². The number of amides is 1. The number of carbonyl (C=O) groups excluding carboxylic acids is 2. The highest BCUT2D eigenvalue weighted by Crippen LogP contribution is 2.23. The van der Waals surface area contributed by atoms with Crippen LogP contribution in [-0.4, -0.2) is 23.6 Å². The van der Waals surface area contributed by atoms with E-state index < -0.39 is 11.9 Å². The van der Waals surface area contributed by atoms with E-state index in [1.54, 1.807) is 31.2 Å². The normalized spacial score (nSPS) is 10.6. The Morgan fingerprint density at radius 2 is 2.00 bits per heavy atom. The maximum absolute atomic E-state index is 11.9. The fraction of sp³-hybridized carbons (Fsp3) is 0.167. The first-order valence-electron chi connectivity index (χ1n) is 7.58. The average molecular weight is 359 g/mol. The third-order valence-electron chi connectivity index (χ3n) is 3.67. The van der Waals surface area contributed by atoms with E-state index in [9.17, 15) is 9.59 Å². The molecule has 0 aliphatic heterocycles. The number of anilines is 1. The minimum atomic E-state index is -0.558. The highest BCUT2D eigenvalue weighted by Gasteiger charge is 2.15. The molecule has 0 unspecified atom stereocenters. The molecule has 128 valence electrons. The molecule has 3 aromatic rings. The van der Waals surface area contributed by atoms with Gasteiger partial charge in [0.05, 0.1) is 6.42 Å². The number of para-hydroxylation sites is 1. The van der Waals surface area contributed by atoms with E-state index in [4.69, 9.17) is 20.9 Å². The van der Waals surface area contributed by atoms with Crippen LogP contribution in [0.5, 0.6) is 0 Å². The molecule has 0 aliphatic carbocycles. The van der Waals surface area contributed by atoms with Gasteiger partial charge in [0, 0.05) is 16.1 Å². The molecule has 0 spiro atoms. The molecule has 2 aromatic carbocycles. The van der Waals surface area contributed by atoms with Gasteiger partial charge in [-0.05, 0) is 36.8 Å². The zero-order valence-electron chi connectivity index (χ0n) is 13.4. The molecule has 1 heterocycles. The van der Waals surface area contributed by atoms with E-state index in [-0.39, 0.29) is 13.0 Å². The second-order valence-electron chi connectivity index (χ2n) is 5.42. The van der Waals surface area contributed by atoms with Crippen LogP contribution in [0.15, 0.2) is 47.0 Å². The summed E-state index contributed by atoms with van der Waals surface area (Å²) in [4.78, 5) is 23.9. The Labute approximate surface area is 148 Å². The molecule has 25 heavy (non-hydrogen) atoms. The third-order valence-corrected chi connectivity index (χ3v) is 4.08. The van der Waals surface area contributed by atoms with Crippen molar-refractivity contribution < 1.29 is 18.8 Å². The lowest BCUT2D eigenvalue weighted by Gasteiger charge is -2.09. The lowest BCUT2D eigenvalue weighted by molar-refractivity contribution is -0.146. The van der Waals surface area contributed by atoms with Gasteiger partial charge >= 0.3 is 5.97 Å². The topological polar surface area (TPSA) is 81.4 Å². The van der Waals surface area contributed by atoms with E-state index in [2.05, 4.69) is 10.5 Å². The van der Waals surface area contributed by atoms with Gasteiger partial charge in [0.1, 0.15) is 5.69 Å². The van der Waals surface area contributed by atoms with E-state index in [1.807, 2.05) is 18.2 Å². The Kier molecular flexibility index (Phi) is 5.00. The van der Waals surface area contributed by atoms with E-state index in [0.29, 0.717) is 22.0 Å². The highest BCUT2D eigenvalue weighted by molar-refractivity contribution is 6.31. The maximum atomic E-state index is 11.9. The summed E-state index contributed by atoms with van der Waals surface area (Å²) in [6, 6.07) is 12.4. The van der Waals surface area contributed by atoms with Crippen molar-refractivity contribution in [3.05, 3.63) is 58.7 Å². The number of nitrogens with zero attached hydrogens (tertiary/aromatic N) is 1. The van der Waals surface area contributed by atoms with Crippen LogP contribution in [0.2, 0.25) is 5.02 Å². The second-order valence-corrected chi connectivity index (χ2v) is 5.83. The fourth-order valence-corrected chi connectivity index (χ4v) is 2.50. The number of aromatic nitrogens is 1. The van der Waals surface area contributed by atoms with Crippen molar-refractivity contribution in [3.8, 4) is 0 Å². The number of halogens is 1. The van der Waals surface area contributed by atoms with Gasteiger partial charge in [-0.1, -0.05) is 35.0 Å². The van der Waals surface area contributed by atoms with Gasteiger partial charge in [0.15, 0.2) is 12.2 Å². The molecule has 1 N–H and O–H groups in total. The summed E-state index contributed by atoms with van der Waals surface area (Å²) >= 11 is 6.00. The standard InChI is InChI=1S/C18H15ClN2O4/c1-11-13(19)6-4-7-14(11)20-17(22)10-24-18(23)9-15-12-5-2-3-8-16(12)25-21-15/h2-8H,9-10H2,1H3,(H,20,22). The number of hydrogen-bond acceptors (Lipinski definition) is 5. The van der Waals surface area contributed by atoms with E-state index in [1.165, 1.54) is 0 Å². The van der Waals surface area contributed by atoms with Gasteiger partial charge in [-0.25, -0.2) is 0 Å². The molecule has 7 heteroatoms. The predicted molar refractivity (Wildman–Crippen MR) is 93.5 cm³/mol. The summed E-state index contributed by atoms with van der Waals surface area (Å²) in [6.45, 7) is 1.40. The first kappa shape index (κ1) is 17.0. The quantitative estimate of drug-likeness (QED) is 0.706. The Hall–Kier alpha value is -2.86. The van der Waals surface area contributed by atoms with Crippen molar-refractivity contribution in [3.63, 3.8) is 0 Å². The number of benzene rings is 2. The van der Waals surface area contributed by atoms with Crippen LogP contribution >= 0.6 is 11.6 Å². The van der Waals surface area contributed by atoms with Crippen molar-refractivity contribution >= 4 is 40.1 Å². The molecule has 0 bridgehead atoms. The number of esters is 1. The lowest BCUT2D eigenvalue weighted by Crippen LogP contribution is -2.22. The minimum Gasteiger partial charge on any atom is -0.455 e. The second kappa shape index (κ2) is 7.36. The smallest absolute Gasteiger partial charge is 0.312 e. The predicted octanol–water partition coefficient (Wildman–Crippen LogP) is 3.51. The molecule has 0 saturated heterocycles. The summed E-state index contributed by atoms with van der Waals surface area (Å²) in [7, 11) is 0. The van der Waals surface area contributed by atoms with E-state index >= 15 is 0 Å². The van der Waals surface area contributed by atoms with Crippen LogP contribution in [0.1, 0.15) is 11.3 Å². The van der Waals surface area contributed by atoms with Crippen LogP contribution in [-0.2, 0) is 20.7 Å². The maximum Gasteiger partial charge on any atom is 0.312 e. The molecule has 0 fully saturated rings. The van der Waals surface area contributed by atoms with Crippen molar-refractivity contribution in [2.45, 2.75) is 13.3 Å². The largest absolute Gasteiger partial charge is 0.455 e. The molecule has 1 aromatic heterocycles. The SMILES string of the molecule is Cc1c(Cl)cccc1NC(=O)COC(=O)Cc1noc2ccccc12. The number of hydrogen-bond donors (Lipinski definition) is 1. The first-order valence-corrected chi connectivity index (χ1v) is 7.96. The number of carbonyl (C=O) groups is 2. The van der Waals surface area contributed by atoms with Gasteiger partial charge in [0.25, 0.3) is 5.91 Å². The van der Waals surface area contributed by atoms with Crippen molar-refractivity contribution in [1.29, 1.82) is 0 Å². The Bertz CT molecular complexity index is 936. The summed E-state index contributed by atoms with van der Waals surface area (Å²) in [5, 5.41) is 7.82. The summed E-state index contributed by atoms with van der Waals surface area (Å²) in [5.41, 5.74) is 2.40. The number of rotatable bonds is 5. The monoisotopic (exact) mass is 358 g/mol. The first-order chi connectivity index (χ1) is 12.0. The van der Waals surface area contributed by atoms with Crippen LogP contribution in [0.3, 0.4) is 0 Å². The summed E-state index contributed by atoms with van der Waals surface area (Å²) in [5.74, 6) is -0.999. The lowest BCUT2D eigenvalue weighted by atomic mass is 10.2. The van der Waals surface area contributed by atoms with Gasteiger partial charge < -0.3 is 14.6 Å². The van der Waals surface area contributed by atoms with Gasteiger partial charge in [-0.3, -0.25) is 9.59 Å². The average Bonchev–Trinajstić information content (AvgIpc) is 3.00. The Morgan fingerprint density at radius 3 is 2.84 bits per heavy atom. The van der Waals surface area contributed by atoms with Crippen LogP contribution in [0.4, 0.5) is 5.69 Å². The third kappa shape index (κ3) is 3.97. The van der Waals surface area contributed by atoms with Crippen LogP contribution in [0, 0.1) is 6.92 Å². The number of ether oxygens (including phenoxy) is 1. The number of nitrogens with one attached hydrogen (secondary N) is 1. The molecule has 6 nitrogen and oxygen atoms in total. The minimum absolute atomic E-state index is 0.0690. The summed E-state index contributed by atoms with van der Waals surface area (Å²) in [6.07, 6.45) is -0.0690. The van der Waals surface area contributed by atoms with Crippen molar-refractivity contribution in [2.75, 3.05) is 11.9 Å². The molecule has 1 amide bonds. The van der Waals surface area contributed by atoms with Crippen molar-refractivity contribution in [2.24, 2.45) is 0 Å². The Morgan fingerprint density at radius 1 is 1.20 bits per heavy atom. The Balaban J connectivity index is 1.55. The zero-order valence-corrected chi connectivity index (χ0v) is 14.2. The molecule has 0 radical (unpaired) electrons. The highest BCUT2D eigenvalue weighted by atomic mass is 35.5. The van der Waals surface area contributed by atoms with Crippen LogP contribution in [0.25, 0.3) is 11.0 Å².